The third-order valence-corrected chi connectivity index (χ3v) is 4.26. The number of aryl methyl sites for hydroxylation is 2. The molecule has 1 unspecified atom stereocenters. The minimum atomic E-state index is -0.179. The molecule has 1 aliphatic heterocycles. The molecule has 2 N–H and O–H groups in total. The number of carbonyl (C=O) groups is 1. The SMILES string of the molecule is Cc1ccc(OCc2ccc(C(=O)NCC3CCCN3)o2)c(C)c1. The lowest BCUT2D eigenvalue weighted by molar-refractivity contribution is 0.0918. The molecular formula is C19H24N2O3. The van der Waals surface area contributed by atoms with E-state index in [0.717, 1.165) is 24.3 Å². The summed E-state index contributed by atoms with van der Waals surface area (Å²) in [6.07, 6.45) is 2.27. The monoisotopic (exact) mass is 328 g/mol. The van der Waals surface area contributed by atoms with Crippen molar-refractivity contribution in [3.8, 4) is 5.75 Å². The third kappa shape index (κ3) is 4.17. The van der Waals surface area contributed by atoms with Crippen LogP contribution in [0.1, 0.15) is 40.3 Å². The van der Waals surface area contributed by atoms with Crippen LogP contribution in [-0.2, 0) is 6.61 Å². The van der Waals surface area contributed by atoms with Crippen LogP contribution in [0.15, 0.2) is 34.7 Å². The lowest BCUT2D eigenvalue weighted by Gasteiger charge is -2.10. The first-order valence-corrected chi connectivity index (χ1v) is 8.42. The Labute approximate surface area is 142 Å². The molecule has 0 radical (unpaired) electrons. The Hall–Kier alpha value is -2.27. The summed E-state index contributed by atoms with van der Waals surface area (Å²) in [4.78, 5) is 12.1. The highest BCUT2D eigenvalue weighted by atomic mass is 16.5. The van der Waals surface area contributed by atoms with Crippen molar-refractivity contribution in [2.45, 2.75) is 39.3 Å². The summed E-state index contributed by atoms with van der Waals surface area (Å²) in [5.74, 6) is 1.61. The fourth-order valence-electron chi connectivity index (χ4n) is 2.92. The van der Waals surface area contributed by atoms with E-state index in [1.165, 1.54) is 12.0 Å². The lowest BCUT2D eigenvalue weighted by atomic mass is 10.1. The maximum atomic E-state index is 12.1. The second kappa shape index (κ2) is 7.53. The van der Waals surface area contributed by atoms with Crippen LogP contribution in [0, 0.1) is 13.8 Å². The molecule has 1 saturated heterocycles. The lowest BCUT2D eigenvalue weighted by Crippen LogP contribution is -2.37. The largest absolute Gasteiger partial charge is 0.485 e. The van der Waals surface area contributed by atoms with E-state index in [4.69, 9.17) is 9.15 Å². The predicted octanol–water partition coefficient (Wildman–Crippen LogP) is 2.96. The molecule has 128 valence electrons. The topological polar surface area (TPSA) is 63.5 Å². The smallest absolute Gasteiger partial charge is 0.287 e. The highest BCUT2D eigenvalue weighted by Crippen LogP contribution is 2.20. The molecule has 3 rings (SSSR count). The molecule has 2 heterocycles. The number of amides is 1. The van der Waals surface area contributed by atoms with Gasteiger partial charge in [-0.2, -0.15) is 0 Å². The molecule has 1 aromatic heterocycles. The Morgan fingerprint density at radius 3 is 2.96 bits per heavy atom. The van der Waals surface area contributed by atoms with Gasteiger partial charge in [0.25, 0.3) is 5.91 Å². The fraction of sp³-hybridized carbons (Fsp3) is 0.421. The first kappa shape index (κ1) is 16.6. The van der Waals surface area contributed by atoms with Gasteiger partial charge in [0.15, 0.2) is 5.76 Å². The predicted molar refractivity (Wildman–Crippen MR) is 92.3 cm³/mol. The van der Waals surface area contributed by atoms with E-state index in [1.54, 1.807) is 12.1 Å². The molecule has 5 nitrogen and oxygen atoms in total. The van der Waals surface area contributed by atoms with E-state index in [2.05, 4.69) is 23.6 Å². The standard InChI is InChI=1S/C19H24N2O3/c1-13-5-7-17(14(2)10-13)23-12-16-6-8-18(24-16)19(22)21-11-15-4-3-9-20-15/h5-8,10,15,20H,3-4,9,11-12H2,1-2H3,(H,21,22). The number of hydrogen-bond donors (Lipinski definition) is 2. The number of furan rings is 1. The normalized spacial score (nSPS) is 17.0. The number of benzene rings is 1. The molecule has 1 fully saturated rings. The molecule has 1 aromatic carbocycles. The minimum Gasteiger partial charge on any atom is -0.485 e. The van der Waals surface area contributed by atoms with Gasteiger partial charge in [-0.1, -0.05) is 17.7 Å². The van der Waals surface area contributed by atoms with Crippen LogP contribution in [0.3, 0.4) is 0 Å². The maximum Gasteiger partial charge on any atom is 0.287 e. The van der Waals surface area contributed by atoms with E-state index in [-0.39, 0.29) is 5.91 Å². The number of rotatable bonds is 6. The molecule has 2 aromatic rings. The van der Waals surface area contributed by atoms with Gasteiger partial charge in [0.1, 0.15) is 18.1 Å². The zero-order valence-electron chi connectivity index (χ0n) is 14.2. The molecule has 24 heavy (non-hydrogen) atoms. The van der Waals surface area contributed by atoms with E-state index in [9.17, 15) is 4.79 Å². The van der Waals surface area contributed by atoms with Crippen molar-refractivity contribution in [3.63, 3.8) is 0 Å². The van der Waals surface area contributed by atoms with Gasteiger partial charge in [-0.15, -0.1) is 0 Å². The van der Waals surface area contributed by atoms with Crippen LogP contribution in [0.25, 0.3) is 0 Å². The Balaban J connectivity index is 1.51. The van der Waals surface area contributed by atoms with Crippen molar-refractivity contribution in [2.75, 3.05) is 13.1 Å². The van der Waals surface area contributed by atoms with Gasteiger partial charge in [-0.3, -0.25) is 4.79 Å². The highest BCUT2D eigenvalue weighted by molar-refractivity contribution is 5.91. The second-order valence-electron chi connectivity index (χ2n) is 6.33. The summed E-state index contributed by atoms with van der Waals surface area (Å²) < 4.78 is 11.4. The number of hydrogen-bond acceptors (Lipinski definition) is 4. The molecule has 0 saturated carbocycles. The van der Waals surface area contributed by atoms with Crippen molar-refractivity contribution in [1.82, 2.24) is 10.6 Å². The summed E-state index contributed by atoms with van der Waals surface area (Å²) in [7, 11) is 0. The second-order valence-corrected chi connectivity index (χ2v) is 6.33. The number of carbonyl (C=O) groups excluding carboxylic acids is 1. The van der Waals surface area contributed by atoms with Gasteiger partial charge in [-0.25, -0.2) is 0 Å². The van der Waals surface area contributed by atoms with Crippen molar-refractivity contribution in [2.24, 2.45) is 0 Å². The molecule has 5 heteroatoms. The van der Waals surface area contributed by atoms with E-state index in [0.29, 0.717) is 30.7 Å². The molecule has 1 atom stereocenters. The zero-order chi connectivity index (χ0) is 16.9. The average molecular weight is 328 g/mol. The Morgan fingerprint density at radius 2 is 2.21 bits per heavy atom. The van der Waals surface area contributed by atoms with E-state index in [1.807, 2.05) is 19.1 Å². The van der Waals surface area contributed by atoms with Gasteiger partial charge >= 0.3 is 0 Å². The van der Waals surface area contributed by atoms with Crippen molar-refractivity contribution in [3.05, 3.63) is 53.0 Å². The maximum absolute atomic E-state index is 12.1. The summed E-state index contributed by atoms with van der Waals surface area (Å²) in [6.45, 7) is 6.03. The summed E-state index contributed by atoms with van der Waals surface area (Å²) in [5.41, 5.74) is 2.29. The first-order chi connectivity index (χ1) is 11.6. The molecule has 0 spiro atoms. The molecule has 0 aliphatic carbocycles. The molecular weight excluding hydrogens is 304 g/mol. The van der Waals surface area contributed by atoms with Crippen LogP contribution in [0.5, 0.6) is 5.75 Å². The van der Waals surface area contributed by atoms with Gasteiger partial charge in [-0.05, 0) is 57.0 Å². The molecule has 0 bridgehead atoms. The quantitative estimate of drug-likeness (QED) is 0.856. The van der Waals surface area contributed by atoms with Crippen LogP contribution in [0.4, 0.5) is 0 Å². The van der Waals surface area contributed by atoms with Crippen LogP contribution < -0.4 is 15.4 Å². The summed E-state index contributed by atoms with van der Waals surface area (Å²) >= 11 is 0. The third-order valence-electron chi connectivity index (χ3n) is 4.26. The Bertz CT molecular complexity index is 702. The fourth-order valence-corrected chi connectivity index (χ4v) is 2.92. The Morgan fingerprint density at radius 1 is 1.33 bits per heavy atom. The molecule has 1 amide bonds. The highest BCUT2D eigenvalue weighted by Gasteiger charge is 2.17. The van der Waals surface area contributed by atoms with Crippen LogP contribution in [0.2, 0.25) is 0 Å². The average Bonchev–Trinajstić information content (AvgIpc) is 3.23. The minimum absolute atomic E-state index is 0.179. The van der Waals surface area contributed by atoms with E-state index >= 15 is 0 Å². The number of nitrogens with one attached hydrogen (secondary N) is 2. The van der Waals surface area contributed by atoms with Gasteiger partial charge < -0.3 is 19.8 Å². The van der Waals surface area contributed by atoms with Crippen molar-refractivity contribution in [1.29, 1.82) is 0 Å². The summed E-state index contributed by atoms with van der Waals surface area (Å²) in [5, 5.41) is 6.26. The van der Waals surface area contributed by atoms with Crippen molar-refractivity contribution >= 4 is 5.91 Å². The van der Waals surface area contributed by atoms with Gasteiger partial charge in [0.05, 0.1) is 0 Å². The van der Waals surface area contributed by atoms with E-state index < -0.39 is 0 Å². The van der Waals surface area contributed by atoms with Gasteiger partial charge in [0, 0.05) is 12.6 Å². The first-order valence-electron chi connectivity index (χ1n) is 8.42. The number of ether oxygens (including phenoxy) is 1. The van der Waals surface area contributed by atoms with Crippen LogP contribution >= 0.6 is 0 Å². The van der Waals surface area contributed by atoms with Gasteiger partial charge in [0.2, 0.25) is 0 Å². The van der Waals surface area contributed by atoms with Crippen molar-refractivity contribution < 1.29 is 13.9 Å². The summed E-state index contributed by atoms with van der Waals surface area (Å²) in [6, 6.07) is 9.89. The zero-order valence-corrected chi connectivity index (χ0v) is 14.2. The Kier molecular flexibility index (Phi) is 5.20. The molecule has 1 aliphatic rings. The van der Waals surface area contributed by atoms with Crippen LogP contribution in [-0.4, -0.2) is 25.0 Å².